The summed E-state index contributed by atoms with van der Waals surface area (Å²) in [6, 6.07) is 0. The van der Waals surface area contributed by atoms with Crippen molar-refractivity contribution in [2.24, 2.45) is 11.3 Å². The number of carbonyl (C=O) groups is 1. The lowest BCUT2D eigenvalue weighted by Crippen LogP contribution is -2.39. The molecule has 0 aromatic carbocycles. The van der Waals surface area contributed by atoms with Gasteiger partial charge in [-0.25, -0.2) is 0 Å². The fraction of sp³-hybridized carbons (Fsp3) is 0.968. The maximum Gasteiger partial charge on any atom is 0.309 e. The van der Waals surface area contributed by atoms with Crippen LogP contribution in [-0.4, -0.2) is 11.1 Å². The molecule has 2 nitrogen and oxygen atoms in total. The summed E-state index contributed by atoms with van der Waals surface area (Å²) in [7, 11) is 0. The Bertz CT molecular complexity index is 419. The molecule has 0 bridgehead atoms. The first-order valence-electron chi connectivity index (χ1n) is 15.3. The topological polar surface area (TPSA) is 37.3 Å². The van der Waals surface area contributed by atoms with Crippen molar-refractivity contribution < 1.29 is 9.90 Å². The Morgan fingerprint density at radius 3 is 1.24 bits per heavy atom. The molecule has 2 atom stereocenters. The van der Waals surface area contributed by atoms with Crippen LogP contribution in [0.2, 0.25) is 0 Å². The monoisotopic (exact) mass is 466 g/mol. The molecule has 2 unspecified atom stereocenters. The molecule has 0 heterocycles. The summed E-state index contributed by atoms with van der Waals surface area (Å²) in [6.07, 6.45) is 29.5. The van der Waals surface area contributed by atoms with Gasteiger partial charge in [0.25, 0.3) is 0 Å². The minimum absolute atomic E-state index is 0.368. The van der Waals surface area contributed by atoms with Gasteiger partial charge in [0, 0.05) is 0 Å². The first-order valence-corrected chi connectivity index (χ1v) is 15.3. The molecule has 198 valence electrons. The molecule has 0 aromatic heterocycles. The van der Waals surface area contributed by atoms with Crippen molar-refractivity contribution in [3.8, 4) is 0 Å². The van der Waals surface area contributed by atoms with E-state index in [9.17, 15) is 9.90 Å². The normalized spacial score (nSPS) is 14.3. The zero-order valence-corrected chi connectivity index (χ0v) is 23.4. The maximum absolute atomic E-state index is 12.8. The molecule has 0 rings (SSSR count). The highest BCUT2D eigenvalue weighted by Gasteiger charge is 2.43. The van der Waals surface area contributed by atoms with Crippen molar-refractivity contribution in [2.75, 3.05) is 0 Å². The SMILES string of the molecule is CCCCCCCCCC(CCCCCCCC)C(CCC)(CCCCCCCC)C(=O)O. The summed E-state index contributed by atoms with van der Waals surface area (Å²) in [5.41, 5.74) is -0.481. The van der Waals surface area contributed by atoms with E-state index in [1.165, 1.54) is 116 Å². The lowest BCUT2D eigenvalue weighted by Gasteiger charge is -2.38. The molecule has 0 saturated heterocycles. The van der Waals surface area contributed by atoms with Crippen LogP contribution >= 0.6 is 0 Å². The van der Waals surface area contributed by atoms with Gasteiger partial charge in [0.05, 0.1) is 5.41 Å². The predicted octanol–water partition coefficient (Wildman–Crippen LogP) is 11.1. The fourth-order valence-electron chi connectivity index (χ4n) is 5.80. The molecular formula is C31H62O2. The second-order valence-electron chi connectivity index (χ2n) is 10.9. The number of carboxylic acids is 1. The predicted molar refractivity (Wildman–Crippen MR) is 147 cm³/mol. The third-order valence-electron chi connectivity index (χ3n) is 7.94. The summed E-state index contributed by atoms with van der Waals surface area (Å²) in [4.78, 5) is 12.8. The number of carboxylic acid groups (broad SMARTS) is 1. The molecule has 0 radical (unpaired) electrons. The summed E-state index contributed by atoms with van der Waals surface area (Å²) in [6.45, 7) is 8.99. The first kappa shape index (κ1) is 32.5. The van der Waals surface area contributed by atoms with E-state index in [-0.39, 0.29) is 0 Å². The Balaban J connectivity index is 4.99. The van der Waals surface area contributed by atoms with E-state index in [1.807, 2.05) is 0 Å². The lowest BCUT2D eigenvalue weighted by molar-refractivity contribution is -0.155. The van der Waals surface area contributed by atoms with Crippen molar-refractivity contribution in [2.45, 2.75) is 182 Å². The molecule has 0 amide bonds. The highest BCUT2D eigenvalue weighted by molar-refractivity contribution is 5.75. The molecule has 0 aliphatic heterocycles. The Morgan fingerprint density at radius 2 is 0.879 bits per heavy atom. The van der Waals surface area contributed by atoms with E-state index >= 15 is 0 Å². The van der Waals surface area contributed by atoms with E-state index in [4.69, 9.17) is 0 Å². The van der Waals surface area contributed by atoms with Gasteiger partial charge in [0.2, 0.25) is 0 Å². The van der Waals surface area contributed by atoms with Gasteiger partial charge in [-0.1, -0.05) is 156 Å². The number of unbranched alkanes of at least 4 members (excludes halogenated alkanes) is 16. The minimum atomic E-state index is -0.489. The molecule has 0 aromatic rings. The van der Waals surface area contributed by atoms with Crippen LogP contribution in [0.5, 0.6) is 0 Å². The smallest absolute Gasteiger partial charge is 0.309 e. The first-order chi connectivity index (χ1) is 16.1. The molecule has 0 spiro atoms. The van der Waals surface area contributed by atoms with Crippen LogP contribution in [0.1, 0.15) is 182 Å². The van der Waals surface area contributed by atoms with Crippen molar-refractivity contribution in [3.63, 3.8) is 0 Å². The Kier molecular flexibility index (Phi) is 22.9. The highest BCUT2D eigenvalue weighted by atomic mass is 16.4. The fourth-order valence-corrected chi connectivity index (χ4v) is 5.80. The zero-order valence-electron chi connectivity index (χ0n) is 23.4. The second-order valence-corrected chi connectivity index (χ2v) is 10.9. The lowest BCUT2D eigenvalue weighted by atomic mass is 9.65. The van der Waals surface area contributed by atoms with E-state index in [0.717, 1.165) is 38.5 Å². The van der Waals surface area contributed by atoms with Gasteiger partial charge in [0.15, 0.2) is 0 Å². The van der Waals surface area contributed by atoms with Crippen molar-refractivity contribution in [1.82, 2.24) is 0 Å². The van der Waals surface area contributed by atoms with Gasteiger partial charge in [-0.05, 0) is 31.6 Å². The number of rotatable bonds is 26. The summed E-state index contributed by atoms with van der Waals surface area (Å²) >= 11 is 0. The van der Waals surface area contributed by atoms with Gasteiger partial charge in [-0.15, -0.1) is 0 Å². The standard InChI is InChI=1S/C31H62O2/c1-5-9-12-15-18-20-23-26-29(25-22-19-16-13-10-6-2)31(27-8-4,30(32)33)28-24-21-17-14-11-7-3/h29H,5-28H2,1-4H3,(H,32,33). The molecule has 0 aliphatic carbocycles. The third kappa shape index (κ3) is 15.9. The van der Waals surface area contributed by atoms with E-state index < -0.39 is 11.4 Å². The van der Waals surface area contributed by atoms with Crippen LogP contribution in [-0.2, 0) is 4.79 Å². The van der Waals surface area contributed by atoms with Crippen molar-refractivity contribution in [3.05, 3.63) is 0 Å². The zero-order chi connectivity index (χ0) is 24.6. The van der Waals surface area contributed by atoms with Crippen molar-refractivity contribution >= 4 is 5.97 Å². The summed E-state index contributed by atoms with van der Waals surface area (Å²) in [5.74, 6) is -0.121. The van der Waals surface area contributed by atoms with Gasteiger partial charge in [-0.3, -0.25) is 4.79 Å². The van der Waals surface area contributed by atoms with Crippen LogP contribution < -0.4 is 0 Å². The number of aliphatic carboxylic acids is 1. The van der Waals surface area contributed by atoms with Gasteiger partial charge >= 0.3 is 5.97 Å². The van der Waals surface area contributed by atoms with Gasteiger partial charge < -0.3 is 5.11 Å². The second kappa shape index (κ2) is 23.2. The molecule has 2 heteroatoms. The third-order valence-corrected chi connectivity index (χ3v) is 7.94. The molecule has 33 heavy (non-hydrogen) atoms. The maximum atomic E-state index is 12.8. The molecule has 1 N–H and O–H groups in total. The van der Waals surface area contributed by atoms with Crippen LogP contribution in [0.15, 0.2) is 0 Å². The molecular weight excluding hydrogens is 404 g/mol. The average Bonchev–Trinajstić information content (AvgIpc) is 2.80. The number of hydrogen-bond donors (Lipinski definition) is 1. The van der Waals surface area contributed by atoms with Crippen LogP contribution in [0.4, 0.5) is 0 Å². The van der Waals surface area contributed by atoms with E-state index in [1.54, 1.807) is 0 Å². The largest absolute Gasteiger partial charge is 0.481 e. The highest BCUT2D eigenvalue weighted by Crippen LogP contribution is 2.44. The molecule has 0 fully saturated rings. The van der Waals surface area contributed by atoms with E-state index in [0.29, 0.717) is 5.92 Å². The minimum Gasteiger partial charge on any atom is -0.481 e. The Morgan fingerprint density at radius 1 is 0.515 bits per heavy atom. The summed E-state index contributed by atoms with van der Waals surface area (Å²) in [5, 5.41) is 10.5. The Labute approximate surface area is 209 Å². The van der Waals surface area contributed by atoms with Gasteiger partial charge in [0.1, 0.15) is 0 Å². The quantitative estimate of drug-likeness (QED) is 0.129. The van der Waals surface area contributed by atoms with Crippen LogP contribution in [0, 0.1) is 11.3 Å². The molecule has 0 saturated carbocycles. The average molecular weight is 467 g/mol. The Hall–Kier alpha value is -0.530. The van der Waals surface area contributed by atoms with Crippen LogP contribution in [0.25, 0.3) is 0 Å². The number of hydrogen-bond acceptors (Lipinski definition) is 1. The van der Waals surface area contributed by atoms with Crippen molar-refractivity contribution in [1.29, 1.82) is 0 Å². The molecule has 0 aliphatic rings. The van der Waals surface area contributed by atoms with Crippen LogP contribution in [0.3, 0.4) is 0 Å². The summed E-state index contributed by atoms with van der Waals surface area (Å²) < 4.78 is 0. The van der Waals surface area contributed by atoms with E-state index in [2.05, 4.69) is 27.7 Å². The van der Waals surface area contributed by atoms with Gasteiger partial charge in [-0.2, -0.15) is 0 Å².